The van der Waals surface area contributed by atoms with Gasteiger partial charge in [-0.05, 0) is 57.0 Å². The van der Waals surface area contributed by atoms with Crippen LogP contribution in [0.3, 0.4) is 0 Å². The Kier molecular flexibility index (Phi) is 7.44. The minimum atomic E-state index is -0.568. The number of benzene rings is 2. The van der Waals surface area contributed by atoms with Crippen LogP contribution in [-0.2, 0) is 0 Å². The summed E-state index contributed by atoms with van der Waals surface area (Å²) in [7, 11) is 0. The molecule has 3 atom stereocenters. The van der Waals surface area contributed by atoms with Crippen molar-refractivity contribution in [1.29, 1.82) is 0 Å². The van der Waals surface area contributed by atoms with E-state index in [9.17, 15) is 10.2 Å². The van der Waals surface area contributed by atoms with Crippen LogP contribution in [0.15, 0.2) is 54.6 Å². The van der Waals surface area contributed by atoms with Crippen LogP contribution in [-0.4, -0.2) is 28.9 Å². The highest BCUT2D eigenvalue weighted by Gasteiger charge is 2.16. The summed E-state index contributed by atoms with van der Waals surface area (Å²) in [5, 5.41) is 24.0. The molecule has 0 aromatic heterocycles. The fourth-order valence-electron chi connectivity index (χ4n) is 2.73. The second-order valence-electron chi connectivity index (χ2n) is 6.64. The van der Waals surface area contributed by atoms with E-state index in [0.717, 1.165) is 16.9 Å². The lowest BCUT2D eigenvalue weighted by Gasteiger charge is -2.21. The largest absolute Gasteiger partial charge is 0.491 e. The van der Waals surface area contributed by atoms with Crippen LogP contribution in [0.5, 0.6) is 5.75 Å². The van der Waals surface area contributed by atoms with E-state index in [0.29, 0.717) is 13.0 Å². The van der Waals surface area contributed by atoms with E-state index in [1.807, 2.05) is 75.4 Å². The Hall–Kier alpha value is -1.88. The lowest BCUT2D eigenvalue weighted by Crippen LogP contribution is -2.33. The molecule has 2 rings (SSSR count). The van der Waals surface area contributed by atoms with Crippen molar-refractivity contribution in [2.75, 3.05) is 6.54 Å². The zero-order valence-corrected chi connectivity index (χ0v) is 15.2. The third kappa shape index (κ3) is 6.16. The molecule has 0 aliphatic rings. The zero-order chi connectivity index (χ0) is 18.2. The summed E-state index contributed by atoms with van der Waals surface area (Å²) < 4.78 is 5.67. The summed E-state index contributed by atoms with van der Waals surface area (Å²) in [4.78, 5) is 0. The minimum Gasteiger partial charge on any atom is -0.491 e. The number of aliphatic hydroxyl groups is 2. The van der Waals surface area contributed by atoms with Gasteiger partial charge in [0.25, 0.3) is 0 Å². The average molecular weight is 343 g/mol. The quantitative estimate of drug-likeness (QED) is 0.651. The van der Waals surface area contributed by atoms with Crippen molar-refractivity contribution in [1.82, 2.24) is 5.32 Å². The number of rotatable bonds is 9. The molecule has 3 unspecified atom stereocenters. The Labute approximate surface area is 150 Å². The second-order valence-corrected chi connectivity index (χ2v) is 6.64. The molecule has 0 saturated heterocycles. The van der Waals surface area contributed by atoms with Crippen LogP contribution in [0.1, 0.15) is 50.5 Å². The number of hydrogen-bond acceptors (Lipinski definition) is 4. The van der Waals surface area contributed by atoms with Crippen molar-refractivity contribution in [2.24, 2.45) is 0 Å². The SMILES string of the molecule is CC(C)Oc1cccc(C(O)CCNC(C)C(O)c2ccccc2)c1. The van der Waals surface area contributed by atoms with E-state index >= 15 is 0 Å². The van der Waals surface area contributed by atoms with Gasteiger partial charge in [0.1, 0.15) is 5.75 Å². The highest BCUT2D eigenvalue weighted by molar-refractivity contribution is 5.30. The van der Waals surface area contributed by atoms with Gasteiger partial charge in [-0.3, -0.25) is 0 Å². The Morgan fingerprint density at radius 1 is 0.920 bits per heavy atom. The van der Waals surface area contributed by atoms with Crippen LogP contribution < -0.4 is 10.1 Å². The number of ether oxygens (including phenoxy) is 1. The van der Waals surface area contributed by atoms with E-state index in [-0.39, 0.29) is 12.1 Å². The first-order valence-electron chi connectivity index (χ1n) is 8.88. The molecule has 0 heterocycles. The van der Waals surface area contributed by atoms with Crippen molar-refractivity contribution < 1.29 is 14.9 Å². The molecule has 4 nitrogen and oxygen atoms in total. The molecule has 0 radical (unpaired) electrons. The maximum absolute atomic E-state index is 10.4. The van der Waals surface area contributed by atoms with Crippen molar-refractivity contribution in [3.63, 3.8) is 0 Å². The van der Waals surface area contributed by atoms with E-state index in [1.54, 1.807) is 0 Å². The van der Waals surface area contributed by atoms with Gasteiger partial charge in [-0.15, -0.1) is 0 Å². The molecule has 2 aromatic carbocycles. The van der Waals surface area contributed by atoms with E-state index in [1.165, 1.54) is 0 Å². The summed E-state index contributed by atoms with van der Waals surface area (Å²) in [6.45, 7) is 6.52. The van der Waals surface area contributed by atoms with Gasteiger partial charge < -0.3 is 20.3 Å². The van der Waals surface area contributed by atoms with Gasteiger partial charge in [0.2, 0.25) is 0 Å². The zero-order valence-electron chi connectivity index (χ0n) is 15.2. The molecule has 4 heteroatoms. The average Bonchev–Trinajstić information content (AvgIpc) is 2.61. The molecule has 0 amide bonds. The van der Waals surface area contributed by atoms with Crippen LogP contribution >= 0.6 is 0 Å². The van der Waals surface area contributed by atoms with Gasteiger partial charge in [-0.25, -0.2) is 0 Å². The van der Waals surface area contributed by atoms with Gasteiger partial charge in [0.05, 0.1) is 18.3 Å². The van der Waals surface area contributed by atoms with Gasteiger partial charge in [-0.2, -0.15) is 0 Å². The highest BCUT2D eigenvalue weighted by Crippen LogP contribution is 2.22. The minimum absolute atomic E-state index is 0.0924. The van der Waals surface area contributed by atoms with Crippen molar-refractivity contribution in [3.8, 4) is 5.75 Å². The molecule has 3 N–H and O–H groups in total. The predicted octanol–water partition coefficient (Wildman–Crippen LogP) is 3.61. The second kappa shape index (κ2) is 9.56. The fourth-order valence-corrected chi connectivity index (χ4v) is 2.73. The molecule has 25 heavy (non-hydrogen) atoms. The normalized spacial score (nSPS) is 15.0. The van der Waals surface area contributed by atoms with Gasteiger partial charge in [-0.1, -0.05) is 42.5 Å². The first kappa shape index (κ1) is 19.4. The van der Waals surface area contributed by atoms with Gasteiger partial charge in [0, 0.05) is 6.04 Å². The molecule has 136 valence electrons. The molecule has 0 bridgehead atoms. The highest BCUT2D eigenvalue weighted by atomic mass is 16.5. The lowest BCUT2D eigenvalue weighted by atomic mass is 10.0. The molecule has 0 saturated carbocycles. The smallest absolute Gasteiger partial charge is 0.120 e. The summed E-state index contributed by atoms with van der Waals surface area (Å²) in [6, 6.07) is 17.1. The van der Waals surface area contributed by atoms with E-state index in [2.05, 4.69) is 5.32 Å². The fraction of sp³-hybridized carbons (Fsp3) is 0.429. The van der Waals surface area contributed by atoms with Crippen molar-refractivity contribution >= 4 is 0 Å². The molecule has 2 aromatic rings. The van der Waals surface area contributed by atoms with Crippen LogP contribution in [0.4, 0.5) is 0 Å². The van der Waals surface area contributed by atoms with Crippen LogP contribution in [0.25, 0.3) is 0 Å². The van der Waals surface area contributed by atoms with Gasteiger partial charge >= 0.3 is 0 Å². The third-order valence-electron chi connectivity index (χ3n) is 4.11. The van der Waals surface area contributed by atoms with Crippen molar-refractivity contribution in [3.05, 3.63) is 65.7 Å². The van der Waals surface area contributed by atoms with Crippen LogP contribution in [0.2, 0.25) is 0 Å². The summed E-state index contributed by atoms with van der Waals surface area (Å²) >= 11 is 0. The van der Waals surface area contributed by atoms with E-state index < -0.39 is 12.2 Å². The standard InChI is InChI=1S/C21H29NO3/c1-15(2)25-19-11-7-10-18(14-19)20(23)12-13-22-16(3)21(24)17-8-5-4-6-9-17/h4-11,14-16,20-24H,12-13H2,1-3H3. The Morgan fingerprint density at radius 2 is 1.60 bits per heavy atom. The van der Waals surface area contributed by atoms with Gasteiger partial charge in [0.15, 0.2) is 0 Å². The number of hydrogen-bond donors (Lipinski definition) is 3. The maximum Gasteiger partial charge on any atom is 0.120 e. The Balaban J connectivity index is 1.82. The summed E-state index contributed by atoms with van der Waals surface area (Å²) in [5.41, 5.74) is 1.73. The molecule has 0 aliphatic carbocycles. The molecular formula is C21H29NO3. The molecule has 0 fully saturated rings. The van der Waals surface area contributed by atoms with E-state index in [4.69, 9.17) is 4.74 Å². The maximum atomic E-state index is 10.4. The number of nitrogens with one attached hydrogen (secondary N) is 1. The first-order chi connectivity index (χ1) is 12.0. The third-order valence-corrected chi connectivity index (χ3v) is 4.11. The molecular weight excluding hydrogens is 314 g/mol. The molecule has 0 spiro atoms. The number of aliphatic hydroxyl groups excluding tert-OH is 2. The summed E-state index contributed by atoms with van der Waals surface area (Å²) in [5.74, 6) is 0.771. The lowest BCUT2D eigenvalue weighted by molar-refractivity contribution is 0.127. The topological polar surface area (TPSA) is 61.7 Å². The molecule has 0 aliphatic heterocycles. The first-order valence-corrected chi connectivity index (χ1v) is 8.88. The van der Waals surface area contributed by atoms with Crippen LogP contribution in [0, 0.1) is 0 Å². The Morgan fingerprint density at radius 3 is 2.28 bits per heavy atom. The predicted molar refractivity (Wildman–Crippen MR) is 101 cm³/mol. The monoisotopic (exact) mass is 343 g/mol. The summed E-state index contributed by atoms with van der Waals surface area (Å²) in [6.07, 6.45) is -0.462. The Bertz CT molecular complexity index is 630. The van der Waals surface area contributed by atoms with Crippen molar-refractivity contribution in [2.45, 2.75) is 51.5 Å².